The molecule has 0 amide bonds. The molecule has 0 aromatic heterocycles. The van der Waals surface area contributed by atoms with Crippen LogP contribution < -0.4 is 0 Å². The minimum Gasteiger partial charge on any atom is -0.387 e. The summed E-state index contributed by atoms with van der Waals surface area (Å²) < 4.78 is 6.12. The first kappa shape index (κ1) is 15.5. The van der Waals surface area contributed by atoms with E-state index in [1.165, 1.54) is 5.57 Å². The van der Waals surface area contributed by atoms with Crippen molar-refractivity contribution in [1.29, 1.82) is 0 Å². The molecule has 1 saturated heterocycles. The van der Waals surface area contributed by atoms with Crippen LogP contribution in [0.4, 0.5) is 0 Å². The van der Waals surface area contributed by atoms with Gasteiger partial charge >= 0.3 is 0 Å². The van der Waals surface area contributed by atoms with Gasteiger partial charge in [0, 0.05) is 0 Å². The summed E-state index contributed by atoms with van der Waals surface area (Å²) in [4.78, 5) is 0. The van der Waals surface area contributed by atoms with Crippen LogP contribution in [-0.2, 0) is 4.74 Å². The molecule has 1 N–H and O–H groups in total. The Bertz CT molecular complexity index is 339. The van der Waals surface area contributed by atoms with E-state index in [-0.39, 0.29) is 5.60 Å². The van der Waals surface area contributed by atoms with Crippen molar-refractivity contribution in [2.75, 3.05) is 0 Å². The zero-order valence-corrected chi connectivity index (χ0v) is 12.5. The monoisotopic (exact) mass is 252 g/mol. The highest BCUT2D eigenvalue weighted by molar-refractivity contribution is 5.09. The largest absolute Gasteiger partial charge is 0.387 e. The molecule has 0 unspecified atom stereocenters. The zero-order chi connectivity index (χ0) is 14.0. The van der Waals surface area contributed by atoms with Gasteiger partial charge in [-0.25, -0.2) is 0 Å². The van der Waals surface area contributed by atoms with Gasteiger partial charge in [0.1, 0.15) is 0 Å². The van der Waals surface area contributed by atoms with Crippen molar-refractivity contribution in [3.8, 4) is 0 Å². The summed E-state index contributed by atoms with van der Waals surface area (Å²) in [6, 6.07) is 0. The lowest BCUT2D eigenvalue weighted by Gasteiger charge is -2.41. The van der Waals surface area contributed by atoms with Crippen molar-refractivity contribution in [3.63, 3.8) is 0 Å². The van der Waals surface area contributed by atoms with Gasteiger partial charge in [0.05, 0.1) is 16.8 Å². The van der Waals surface area contributed by atoms with Crippen LogP contribution in [0.15, 0.2) is 24.3 Å². The van der Waals surface area contributed by atoms with E-state index in [0.717, 1.165) is 25.7 Å². The molecule has 2 heteroatoms. The molecule has 0 aromatic carbocycles. The number of hydrogen-bond acceptors (Lipinski definition) is 2. The quantitative estimate of drug-likeness (QED) is 0.749. The Labute approximate surface area is 112 Å². The maximum atomic E-state index is 10.7. The smallest absolute Gasteiger partial charge is 0.0950 e. The van der Waals surface area contributed by atoms with Crippen LogP contribution in [0.5, 0.6) is 0 Å². The Balaban J connectivity index is 2.72. The standard InChI is InChI=1S/C16H28O2/c1-7-14(4)11-12-16(6,18-14)15(5,17)10-8-9-13(2)3/h7,9,17H,1,8,10-12H2,2-6H3/t14-,15+,16+/m1/s1. The molecule has 0 spiro atoms. The fourth-order valence-corrected chi connectivity index (χ4v) is 2.53. The number of rotatable bonds is 5. The Morgan fingerprint density at radius 3 is 2.44 bits per heavy atom. The van der Waals surface area contributed by atoms with Gasteiger partial charge in [0.2, 0.25) is 0 Å². The third-order valence-corrected chi connectivity index (χ3v) is 4.31. The van der Waals surface area contributed by atoms with E-state index in [1.54, 1.807) is 0 Å². The minimum atomic E-state index is -0.806. The van der Waals surface area contributed by atoms with Crippen molar-refractivity contribution >= 4 is 0 Å². The zero-order valence-electron chi connectivity index (χ0n) is 12.5. The maximum Gasteiger partial charge on any atom is 0.0950 e. The second-order valence-electron chi connectivity index (χ2n) is 6.44. The first-order valence-corrected chi connectivity index (χ1v) is 6.84. The highest BCUT2D eigenvalue weighted by atomic mass is 16.5. The molecule has 18 heavy (non-hydrogen) atoms. The topological polar surface area (TPSA) is 29.5 Å². The predicted octanol–water partition coefficient (Wildman–Crippen LogP) is 4.00. The Hall–Kier alpha value is -0.600. The molecule has 0 radical (unpaired) electrons. The Morgan fingerprint density at radius 2 is 2.00 bits per heavy atom. The summed E-state index contributed by atoms with van der Waals surface area (Å²) in [6.45, 7) is 13.9. The van der Waals surface area contributed by atoms with E-state index < -0.39 is 11.2 Å². The number of ether oxygens (including phenoxy) is 1. The summed E-state index contributed by atoms with van der Waals surface area (Å²) in [5.74, 6) is 0. The predicted molar refractivity (Wildman–Crippen MR) is 76.6 cm³/mol. The van der Waals surface area contributed by atoms with Crippen molar-refractivity contribution < 1.29 is 9.84 Å². The average molecular weight is 252 g/mol. The summed E-state index contributed by atoms with van der Waals surface area (Å²) in [5, 5.41) is 10.7. The fourth-order valence-electron chi connectivity index (χ4n) is 2.53. The van der Waals surface area contributed by atoms with Crippen LogP contribution >= 0.6 is 0 Å². The van der Waals surface area contributed by atoms with Crippen LogP contribution in [0.2, 0.25) is 0 Å². The fraction of sp³-hybridized carbons (Fsp3) is 0.750. The van der Waals surface area contributed by atoms with Crippen molar-refractivity contribution in [3.05, 3.63) is 24.3 Å². The molecule has 1 aliphatic heterocycles. The molecular formula is C16H28O2. The summed E-state index contributed by atoms with van der Waals surface area (Å²) in [6.07, 6.45) is 7.42. The molecule has 0 saturated carbocycles. The summed E-state index contributed by atoms with van der Waals surface area (Å²) in [7, 11) is 0. The van der Waals surface area contributed by atoms with E-state index >= 15 is 0 Å². The first-order valence-electron chi connectivity index (χ1n) is 6.84. The number of hydrogen-bond donors (Lipinski definition) is 1. The third-order valence-electron chi connectivity index (χ3n) is 4.31. The first-order chi connectivity index (χ1) is 8.14. The molecule has 1 rings (SSSR count). The van der Waals surface area contributed by atoms with Crippen molar-refractivity contribution in [2.24, 2.45) is 0 Å². The lowest BCUT2D eigenvalue weighted by molar-refractivity contribution is -0.174. The van der Waals surface area contributed by atoms with Gasteiger partial charge in [0.25, 0.3) is 0 Å². The molecule has 0 aliphatic carbocycles. The Kier molecular flexibility index (Phi) is 4.45. The Morgan fingerprint density at radius 1 is 1.39 bits per heavy atom. The van der Waals surface area contributed by atoms with Crippen molar-refractivity contribution in [2.45, 2.75) is 77.1 Å². The van der Waals surface area contributed by atoms with Crippen LogP contribution in [0.3, 0.4) is 0 Å². The molecule has 0 bridgehead atoms. The average Bonchev–Trinajstić information content (AvgIpc) is 2.57. The van der Waals surface area contributed by atoms with Gasteiger partial charge in [-0.05, 0) is 60.3 Å². The van der Waals surface area contributed by atoms with Gasteiger partial charge in [0.15, 0.2) is 0 Å². The van der Waals surface area contributed by atoms with Gasteiger partial charge < -0.3 is 9.84 Å². The minimum absolute atomic E-state index is 0.296. The maximum absolute atomic E-state index is 10.7. The van der Waals surface area contributed by atoms with Gasteiger partial charge in [-0.2, -0.15) is 0 Å². The van der Waals surface area contributed by atoms with Gasteiger partial charge in [-0.3, -0.25) is 0 Å². The van der Waals surface area contributed by atoms with Crippen LogP contribution in [-0.4, -0.2) is 21.9 Å². The van der Waals surface area contributed by atoms with E-state index in [0.29, 0.717) is 0 Å². The normalized spacial score (nSPS) is 35.0. The van der Waals surface area contributed by atoms with E-state index in [1.807, 2.05) is 26.8 Å². The third kappa shape index (κ3) is 3.24. The van der Waals surface area contributed by atoms with Crippen LogP contribution in [0, 0.1) is 0 Å². The summed E-state index contributed by atoms with van der Waals surface area (Å²) >= 11 is 0. The molecule has 1 heterocycles. The second kappa shape index (κ2) is 5.18. The highest BCUT2D eigenvalue weighted by Crippen LogP contribution is 2.45. The second-order valence-corrected chi connectivity index (χ2v) is 6.44. The SMILES string of the molecule is C=C[C@]1(C)CC[C@@](C)([C@@](C)(O)CCC=C(C)C)O1. The lowest BCUT2D eigenvalue weighted by Crippen LogP contribution is -2.50. The number of allylic oxidation sites excluding steroid dienone is 2. The van der Waals surface area contributed by atoms with Gasteiger partial charge in [-0.1, -0.05) is 17.7 Å². The highest BCUT2D eigenvalue weighted by Gasteiger charge is 2.52. The van der Waals surface area contributed by atoms with Crippen molar-refractivity contribution in [1.82, 2.24) is 0 Å². The molecule has 0 aromatic rings. The molecule has 2 nitrogen and oxygen atoms in total. The van der Waals surface area contributed by atoms with E-state index in [4.69, 9.17) is 4.74 Å². The van der Waals surface area contributed by atoms with Crippen LogP contribution in [0.1, 0.15) is 60.3 Å². The lowest BCUT2D eigenvalue weighted by atomic mass is 9.80. The summed E-state index contributed by atoms with van der Waals surface area (Å²) in [5.41, 5.74) is -0.292. The van der Waals surface area contributed by atoms with E-state index in [9.17, 15) is 5.11 Å². The van der Waals surface area contributed by atoms with E-state index in [2.05, 4.69) is 26.5 Å². The molecule has 1 aliphatic rings. The number of aliphatic hydroxyl groups is 1. The van der Waals surface area contributed by atoms with Gasteiger partial charge in [-0.15, -0.1) is 6.58 Å². The molecule has 1 fully saturated rings. The molecule has 104 valence electrons. The molecular weight excluding hydrogens is 224 g/mol. The van der Waals surface area contributed by atoms with Crippen LogP contribution in [0.25, 0.3) is 0 Å². The molecule has 3 atom stereocenters.